The summed E-state index contributed by atoms with van der Waals surface area (Å²) in [6, 6.07) is 2.73. The summed E-state index contributed by atoms with van der Waals surface area (Å²) in [5.74, 6) is -2.16. The van der Waals surface area contributed by atoms with Gasteiger partial charge in [-0.3, -0.25) is 0 Å². The predicted molar refractivity (Wildman–Crippen MR) is 55.4 cm³/mol. The summed E-state index contributed by atoms with van der Waals surface area (Å²) in [5.41, 5.74) is -0.0306. The maximum absolute atomic E-state index is 10.7. The van der Waals surface area contributed by atoms with Crippen molar-refractivity contribution in [2.24, 2.45) is 0 Å². The quantitative estimate of drug-likeness (QED) is 0.663. The minimum absolute atomic E-state index is 0.258. The van der Waals surface area contributed by atoms with Crippen molar-refractivity contribution in [2.45, 2.75) is 26.2 Å². The molecule has 0 aliphatic heterocycles. The van der Waals surface area contributed by atoms with Gasteiger partial charge < -0.3 is 15.3 Å². The van der Waals surface area contributed by atoms with Gasteiger partial charge in [0.2, 0.25) is 0 Å². The van der Waals surface area contributed by atoms with Crippen LogP contribution in [0.5, 0.6) is 11.5 Å². The van der Waals surface area contributed by atoms with Gasteiger partial charge in [-0.2, -0.15) is 0 Å². The molecule has 1 aromatic rings. The van der Waals surface area contributed by atoms with Gasteiger partial charge in [0.25, 0.3) is 0 Å². The highest BCUT2D eigenvalue weighted by atomic mass is 16.4. The second-order valence-electron chi connectivity index (χ2n) is 4.44. The van der Waals surface area contributed by atoms with Crippen LogP contribution in [-0.2, 0) is 5.41 Å². The van der Waals surface area contributed by atoms with Crippen molar-refractivity contribution in [1.82, 2.24) is 0 Å². The van der Waals surface area contributed by atoms with Crippen LogP contribution < -0.4 is 0 Å². The van der Waals surface area contributed by atoms with Crippen molar-refractivity contribution in [3.63, 3.8) is 0 Å². The molecular weight excluding hydrogens is 196 g/mol. The lowest BCUT2D eigenvalue weighted by atomic mass is 9.86. The van der Waals surface area contributed by atoms with Crippen LogP contribution in [0.2, 0.25) is 0 Å². The Kier molecular flexibility index (Phi) is 2.62. The molecule has 15 heavy (non-hydrogen) atoms. The van der Waals surface area contributed by atoms with Gasteiger partial charge in [0.15, 0.2) is 0 Å². The van der Waals surface area contributed by atoms with E-state index in [1.54, 1.807) is 0 Å². The Labute approximate surface area is 87.8 Å². The van der Waals surface area contributed by atoms with E-state index in [2.05, 4.69) is 0 Å². The summed E-state index contributed by atoms with van der Waals surface area (Å²) >= 11 is 0. The van der Waals surface area contributed by atoms with Crippen LogP contribution >= 0.6 is 0 Å². The van der Waals surface area contributed by atoms with Crippen molar-refractivity contribution in [3.05, 3.63) is 23.3 Å². The van der Waals surface area contributed by atoms with Gasteiger partial charge in [0.1, 0.15) is 17.1 Å². The minimum atomic E-state index is -1.34. The Bertz CT molecular complexity index is 379. The molecule has 0 aromatic heterocycles. The van der Waals surface area contributed by atoms with Crippen LogP contribution in [0.25, 0.3) is 0 Å². The second kappa shape index (κ2) is 3.46. The Balaban J connectivity index is 3.39. The fourth-order valence-corrected chi connectivity index (χ4v) is 1.26. The number of carboxylic acids is 1. The number of aromatic hydroxyl groups is 2. The molecule has 1 aromatic carbocycles. The summed E-state index contributed by atoms with van der Waals surface area (Å²) < 4.78 is 0. The van der Waals surface area contributed by atoms with E-state index < -0.39 is 23.0 Å². The second-order valence-corrected chi connectivity index (χ2v) is 4.44. The average Bonchev–Trinajstić information content (AvgIpc) is 1.99. The molecule has 1 rings (SSSR count). The summed E-state index contributed by atoms with van der Waals surface area (Å²) in [5, 5.41) is 27.7. The van der Waals surface area contributed by atoms with Crippen molar-refractivity contribution in [3.8, 4) is 11.5 Å². The molecule has 0 spiro atoms. The zero-order valence-corrected chi connectivity index (χ0v) is 8.90. The van der Waals surface area contributed by atoms with Crippen LogP contribution in [-0.4, -0.2) is 21.3 Å². The third-order valence-electron chi connectivity index (χ3n) is 2.18. The number of rotatable bonds is 1. The Morgan fingerprint density at radius 1 is 1.13 bits per heavy atom. The number of phenols is 2. The topological polar surface area (TPSA) is 77.8 Å². The van der Waals surface area contributed by atoms with Gasteiger partial charge in [-0.25, -0.2) is 4.79 Å². The fraction of sp³-hybridized carbons (Fsp3) is 0.364. The molecule has 0 heterocycles. The molecule has 0 aliphatic carbocycles. The largest absolute Gasteiger partial charge is 0.507 e. The Morgan fingerprint density at radius 2 is 1.53 bits per heavy atom. The summed E-state index contributed by atoms with van der Waals surface area (Å²) in [4.78, 5) is 10.7. The van der Waals surface area contributed by atoms with Crippen LogP contribution in [0.15, 0.2) is 12.1 Å². The van der Waals surface area contributed by atoms with Crippen LogP contribution in [0.1, 0.15) is 36.7 Å². The van der Waals surface area contributed by atoms with E-state index in [1.165, 1.54) is 12.1 Å². The Hall–Kier alpha value is -1.71. The van der Waals surface area contributed by atoms with Crippen molar-refractivity contribution in [1.29, 1.82) is 0 Å². The first-order valence-corrected chi connectivity index (χ1v) is 4.53. The molecule has 0 aliphatic rings. The van der Waals surface area contributed by atoms with Crippen LogP contribution in [0.3, 0.4) is 0 Å². The van der Waals surface area contributed by atoms with Gasteiger partial charge in [-0.1, -0.05) is 20.8 Å². The number of carboxylic acid groups (broad SMARTS) is 1. The maximum atomic E-state index is 10.7. The van der Waals surface area contributed by atoms with E-state index in [-0.39, 0.29) is 5.41 Å². The zero-order chi connectivity index (χ0) is 11.8. The van der Waals surface area contributed by atoms with Crippen molar-refractivity contribution >= 4 is 5.97 Å². The standard InChI is InChI=1S/C11H14O4/c1-11(2,3)6-4-7(12)9(10(14)15)8(13)5-6/h4-5,12-13H,1-3H3,(H,14,15). The lowest BCUT2D eigenvalue weighted by Gasteiger charge is -2.20. The maximum Gasteiger partial charge on any atom is 0.343 e. The molecule has 0 saturated heterocycles. The average molecular weight is 210 g/mol. The molecule has 0 saturated carbocycles. The van der Waals surface area contributed by atoms with Crippen LogP contribution in [0.4, 0.5) is 0 Å². The summed E-state index contributed by atoms with van der Waals surface area (Å²) in [7, 11) is 0. The molecular formula is C11H14O4. The molecule has 4 nitrogen and oxygen atoms in total. The summed E-state index contributed by atoms with van der Waals surface area (Å²) in [6.07, 6.45) is 0. The van der Waals surface area contributed by atoms with Gasteiger partial charge in [-0.15, -0.1) is 0 Å². The van der Waals surface area contributed by atoms with Gasteiger partial charge in [0, 0.05) is 0 Å². The van der Waals surface area contributed by atoms with E-state index in [0.717, 1.165) is 0 Å². The first-order valence-electron chi connectivity index (χ1n) is 4.53. The molecule has 0 atom stereocenters. The molecule has 4 heteroatoms. The van der Waals surface area contributed by atoms with E-state index in [0.29, 0.717) is 5.56 Å². The normalized spacial score (nSPS) is 11.4. The number of benzene rings is 1. The highest BCUT2D eigenvalue weighted by Gasteiger charge is 2.21. The SMILES string of the molecule is CC(C)(C)c1cc(O)c(C(=O)O)c(O)c1. The minimum Gasteiger partial charge on any atom is -0.507 e. The zero-order valence-electron chi connectivity index (χ0n) is 8.90. The predicted octanol–water partition coefficient (Wildman–Crippen LogP) is 2.09. The van der Waals surface area contributed by atoms with E-state index in [4.69, 9.17) is 5.11 Å². The third kappa shape index (κ3) is 2.21. The lowest BCUT2D eigenvalue weighted by Crippen LogP contribution is -2.11. The lowest BCUT2D eigenvalue weighted by molar-refractivity contribution is 0.0690. The first-order chi connectivity index (χ1) is 6.73. The molecule has 82 valence electrons. The van der Waals surface area contributed by atoms with E-state index in [9.17, 15) is 15.0 Å². The molecule has 0 fully saturated rings. The van der Waals surface area contributed by atoms with Crippen molar-refractivity contribution in [2.75, 3.05) is 0 Å². The number of hydrogen-bond acceptors (Lipinski definition) is 3. The van der Waals surface area contributed by atoms with E-state index in [1.807, 2.05) is 20.8 Å². The molecule has 3 N–H and O–H groups in total. The van der Waals surface area contributed by atoms with E-state index >= 15 is 0 Å². The van der Waals surface area contributed by atoms with Gasteiger partial charge in [-0.05, 0) is 23.1 Å². The highest BCUT2D eigenvalue weighted by Crippen LogP contribution is 2.34. The monoisotopic (exact) mass is 210 g/mol. The molecule has 0 amide bonds. The number of carbonyl (C=O) groups is 1. The highest BCUT2D eigenvalue weighted by molar-refractivity contribution is 5.94. The Morgan fingerprint density at radius 3 is 1.80 bits per heavy atom. The van der Waals surface area contributed by atoms with Gasteiger partial charge in [0.05, 0.1) is 0 Å². The fourth-order valence-electron chi connectivity index (χ4n) is 1.26. The van der Waals surface area contributed by atoms with Crippen molar-refractivity contribution < 1.29 is 20.1 Å². The van der Waals surface area contributed by atoms with Crippen LogP contribution in [0, 0.1) is 0 Å². The number of hydrogen-bond donors (Lipinski definition) is 3. The molecule has 0 bridgehead atoms. The van der Waals surface area contributed by atoms with Gasteiger partial charge >= 0.3 is 5.97 Å². The molecule has 0 unspecified atom stereocenters. The third-order valence-corrected chi connectivity index (χ3v) is 2.18. The first kappa shape index (κ1) is 11.4. The summed E-state index contributed by atoms with van der Waals surface area (Å²) in [6.45, 7) is 5.71. The number of aromatic carboxylic acids is 1. The molecule has 0 radical (unpaired) electrons. The smallest absolute Gasteiger partial charge is 0.343 e.